The average Bonchev–Trinajstić information content (AvgIpc) is 2.38. The van der Waals surface area contributed by atoms with Crippen LogP contribution in [0.4, 0.5) is 0 Å². The van der Waals surface area contributed by atoms with Gasteiger partial charge in [-0.05, 0) is 25.2 Å². The van der Waals surface area contributed by atoms with Crippen LogP contribution >= 0.6 is 0 Å². The number of hydrazine groups is 1. The maximum absolute atomic E-state index is 11.1. The highest BCUT2D eigenvalue weighted by atomic mass is 16.2. The molecule has 0 fully saturated rings. The third kappa shape index (κ3) is 5.27. The Morgan fingerprint density at radius 2 is 1.89 bits per heavy atom. The Morgan fingerprint density at radius 3 is 2.44 bits per heavy atom. The van der Waals surface area contributed by atoms with Crippen molar-refractivity contribution < 1.29 is 4.79 Å². The van der Waals surface area contributed by atoms with E-state index in [9.17, 15) is 4.79 Å². The van der Waals surface area contributed by atoms with Gasteiger partial charge in [-0.1, -0.05) is 24.3 Å². The molecule has 1 rings (SSSR count). The number of nitrogens with one attached hydrogen (secondary N) is 2. The van der Waals surface area contributed by atoms with Gasteiger partial charge in [-0.2, -0.15) is 0 Å². The lowest BCUT2D eigenvalue weighted by Gasteiger charge is -2.16. The van der Waals surface area contributed by atoms with Crippen molar-refractivity contribution >= 4 is 5.91 Å². The maximum atomic E-state index is 11.1. The van der Waals surface area contributed by atoms with E-state index in [1.807, 2.05) is 19.2 Å². The van der Waals surface area contributed by atoms with Crippen molar-refractivity contribution in [3.05, 3.63) is 35.4 Å². The van der Waals surface area contributed by atoms with Crippen molar-refractivity contribution in [2.75, 3.05) is 27.2 Å². The fourth-order valence-electron chi connectivity index (χ4n) is 1.69. The van der Waals surface area contributed by atoms with Gasteiger partial charge in [-0.25, -0.2) is 5.84 Å². The minimum absolute atomic E-state index is 0.172. The van der Waals surface area contributed by atoms with Gasteiger partial charge >= 0.3 is 0 Å². The summed E-state index contributed by atoms with van der Waals surface area (Å²) in [5, 5.41) is 3.12. The molecular formula is C13H22N4O. The van der Waals surface area contributed by atoms with Crippen LogP contribution in [0, 0.1) is 0 Å². The number of likely N-dealkylation sites (N-methyl/N-ethyl adjacent to an activating group) is 2. The van der Waals surface area contributed by atoms with Crippen LogP contribution in [0.15, 0.2) is 24.3 Å². The largest absolute Gasteiger partial charge is 0.318 e. The smallest absolute Gasteiger partial charge is 0.238 e. The molecule has 0 radical (unpaired) electrons. The van der Waals surface area contributed by atoms with Gasteiger partial charge in [-0.15, -0.1) is 0 Å². The highest BCUT2D eigenvalue weighted by Crippen LogP contribution is 2.07. The Labute approximate surface area is 108 Å². The molecular weight excluding hydrogens is 228 g/mol. The van der Waals surface area contributed by atoms with Gasteiger partial charge in [0, 0.05) is 19.6 Å². The molecule has 4 N–H and O–H groups in total. The summed E-state index contributed by atoms with van der Waals surface area (Å²) in [5.41, 5.74) is 4.34. The molecule has 0 atom stereocenters. The van der Waals surface area contributed by atoms with Crippen LogP contribution in [0.25, 0.3) is 0 Å². The summed E-state index contributed by atoms with van der Waals surface area (Å²) in [6, 6.07) is 8.04. The molecule has 0 unspecified atom stereocenters. The van der Waals surface area contributed by atoms with Crippen LogP contribution in [0.1, 0.15) is 11.1 Å². The van der Waals surface area contributed by atoms with Gasteiger partial charge in [0.1, 0.15) is 0 Å². The number of nitrogens with zero attached hydrogens (tertiary/aromatic N) is 1. The van der Waals surface area contributed by atoms with Crippen molar-refractivity contribution in [3.8, 4) is 0 Å². The first-order valence-electron chi connectivity index (χ1n) is 6.06. The lowest BCUT2D eigenvalue weighted by molar-refractivity contribution is -0.120. The number of nitrogens with two attached hydrogens (primary N) is 1. The number of benzene rings is 1. The van der Waals surface area contributed by atoms with Gasteiger partial charge in [0.25, 0.3) is 0 Å². The van der Waals surface area contributed by atoms with Gasteiger partial charge in [0.15, 0.2) is 0 Å². The third-order valence-corrected chi connectivity index (χ3v) is 2.74. The predicted molar refractivity (Wildman–Crippen MR) is 72.7 cm³/mol. The molecule has 0 saturated heterocycles. The van der Waals surface area contributed by atoms with E-state index in [2.05, 4.69) is 34.8 Å². The molecule has 0 aliphatic heterocycles. The van der Waals surface area contributed by atoms with E-state index in [4.69, 9.17) is 5.84 Å². The minimum atomic E-state index is -0.172. The first kappa shape index (κ1) is 14.6. The van der Waals surface area contributed by atoms with Crippen LogP contribution in [0.3, 0.4) is 0 Å². The zero-order valence-electron chi connectivity index (χ0n) is 11.1. The van der Waals surface area contributed by atoms with Gasteiger partial charge in [0.05, 0.1) is 6.42 Å². The zero-order chi connectivity index (χ0) is 13.4. The number of hydrogen-bond acceptors (Lipinski definition) is 4. The number of rotatable bonds is 7. The third-order valence-electron chi connectivity index (χ3n) is 2.74. The second-order valence-corrected chi connectivity index (χ2v) is 4.40. The fourth-order valence-corrected chi connectivity index (χ4v) is 1.69. The Balaban J connectivity index is 2.47. The van der Waals surface area contributed by atoms with Gasteiger partial charge < -0.3 is 10.2 Å². The van der Waals surface area contributed by atoms with Gasteiger partial charge in [0.2, 0.25) is 5.91 Å². The molecule has 1 aromatic rings. The summed E-state index contributed by atoms with van der Waals surface area (Å²) in [6.07, 6.45) is 0.326. The Morgan fingerprint density at radius 1 is 1.28 bits per heavy atom. The van der Waals surface area contributed by atoms with E-state index >= 15 is 0 Å². The second-order valence-electron chi connectivity index (χ2n) is 4.40. The molecule has 0 heterocycles. The van der Waals surface area contributed by atoms with Crippen LogP contribution in [0.2, 0.25) is 0 Å². The molecule has 1 aromatic carbocycles. The number of amides is 1. The van der Waals surface area contributed by atoms with Crippen molar-refractivity contribution in [1.29, 1.82) is 0 Å². The lowest BCUT2D eigenvalue weighted by Crippen LogP contribution is -2.31. The van der Waals surface area contributed by atoms with E-state index in [1.165, 1.54) is 5.56 Å². The monoisotopic (exact) mass is 250 g/mol. The molecule has 1 amide bonds. The molecule has 5 nitrogen and oxygen atoms in total. The zero-order valence-corrected chi connectivity index (χ0v) is 11.1. The molecule has 0 bridgehead atoms. The number of hydrogen-bond donors (Lipinski definition) is 3. The SMILES string of the molecule is CNCCN(C)Cc1ccc(CC(=O)NN)cc1. The van der Waals surface area contributed by atoms with Crippen molar-refractivity contribution in [3.63, 3.8) is 0 Å². The van der Waals surface area contributed by atoms with E-state index < -0.39 is 0 Å². The summed E-state index contributed by atoms with van der Waals surface area (Å²) in [6.45, 7) is 2.89. The standard InChI is InChI=1S/C13H22N4O/c1-15-7-8-17(2)10-12-5-3-11(4-6-12)9-13(18)16-14/h3-6,15H,7-10,14H2,1-2H3,(H,16,18). The van der Waals surface area contributed by atoms with E-state index in [0.717, 1.165) is 25.2 Å². The molecule has 0 aromatic heterocycles. The highest BCUT2D eigenvalue weighted by Gasteiger charge is 2.03. The van der Waals surface area contributed by atoms with E-state index in [0.29, 0.717) is 6.42 Å². The van der Waals surface area contributed by atoms with E-state index in [1.54, 1.807) is 0 Å². The average molecular weight is 250 g/mol. The fraction of sp³-hybridized carbons (Fsp3) is 0.462. The van der Waals surface area contributed by atoms with Crippen LogP contribution in [-0.2, 0) is 17.8 Å². The first-order chi connectivity index (χ1) is 8.65. The normalized spacial score (nSPS) is 10.7. The Bertz CT molecular complexity index is 364. The second kappa shape index (κ2) is 7.81. The molecule has 0 saturated carbocycles. The van der Waals surface area contributed by atoms with Gasteiger partial charge in [-0.3, -0.25) is 10.2 Å². The summed E-state index contributed by atoms with van der Waals surface area (Å²) >= 11 is 0. The van der Waals surface area contributed by atoms with E-state index in [-0.39, 0.29) is 5.91 Å². The number of carbonyl (C=O) groups excluding carboxylic acids is 1. The maximum Gasteiger partial charge on any atom is 0.238 e. The highest BCUT2D eigenvalue weighted by molar-refractivity contribution is 5.77. The van der Waals surface area contributed by atoms with Crippen LogP contribution in [0.5, 0.6) is 0 Å². The van der Waals surface area contributed by atoms with Crippen molar-refractivity contribution in [2.45, 2.75) is 13.0 Å². The summed E-state index contributed by atoms with van der Waals surface area (Å²) in [4.78, 5) is 13.4. The summed E-state index contributed by atoms with van der Waals surface area (Å²) in [5.74, 6) is 4.88. The first-order valence-corrected chi connectivity index (χ1v) is 6.06. The van der Waals surface area contributed by atoms with Crippen molar-refractivity contribution in [1.82, 2.24) is 15.6 Å². The lowest BCUT2D eigenvalue weighted by atomic mass is 10.1. The molecule has 18 heavy (non-hydrogen) atoms. The topological polar surface area (TPSA) is 70.4 Å². The number of carbonyl (C=O) groups is 1. The predicted octanol–water partition coefficient (Wildman–Crippen LogP) is -0.130. The van der Waals surface area contributed by atoms with Crippen molar-refractivity contribution in [2.24, 2.45) is 5.84 Å². The molecule has 0 aliphatic rings. The summed E-state index contributed by atoms with van der Waals surface area (Å²) < 4.78 is 0. The molecule has 100 valence electrons. The Hall–Kier alpha value is -1.43. The summed E-state index contributed by atoms with van der Waals surface area (Å²) in [7, 11) is 4.04. The van der Waals surface area contributed by atoms with Crippen LogP contribution in [-0.4, -0.2) is 38.0 Å². The quantitative estimate of drug-likeness (QED) is 0.358. The molecule has 0 aliphatic carbocycles. The Kier molecular flexibility index (Phi) is 6.35. The minimum Gasteiger partial charge on any atom is -0.318 e. The molecule has 0 spiro atoms. The molecule has 5 heteroatoms. The van der Waals surface area contributed by atoms with Crippen LogP contribution < -0.4 is 16.6 Å².